The number of hydrogen-bond donors (Lipinski definition) is 1. The molecule has 16 heavy (non-hydrogen) atoms. The van der Waals surface area contributed by atoms with Crippen LogP contribution in [-0.4, -0.2) is 16.1 Å². The molecule has 0 saturated carbocycles. The SMILES string of the molecule is O=C(O)c1ncc(F)cc1-c1ccccc1. The molecule has 1 aromatic carbocycles. The molecular weight excluding hydrogens is 209 g/mol. The second-order valence-electron chi connectivity index (χ2n) is 3.22. The molecule has 80 valence electrons. The van der Waals surface area contributed by atoms with E-state index in [2.05, 4.69) is 4.98 Å². The normalized spacial score (nSPS) is 10.1. The lowest BCUT2D eigenvalue weighted by Gasteiger charge is -2.04. The minimum Gasteiger partial charge on any atom is -0.476 e. The van der Waals surface area contributed by atoms with Crippen LogP contribution >= 0.6 is 0 Å². The Bertz CT molecular complexity index is 526. The molecule has 1 aromatic heterocycles. The van der Waals surface area contributed by atoms with Crippen molar-refractivity contribution in [3.05, 3.63) is 54.1 Å². The van der Waals surface area contributed by atoms with E-state index in [-0.39, 0.29) is 11.3 Å². The van der Waals surface area contributed by atoms with Gasteiger partial charge >= 0.3 is 5.97 Å². The highest BCUT2D eigenvalue weighted by atomic mass is 19.1. The van der Waals surface area contributed by atoms with Crippen molar-refractivity contribution in [3.8, 4) is 11.1 Å². The zero-order valence-electron chi connectivity index (χ0n) is 8.22. The van der Waals surface area contributed by atoms with Gasteiger partial charge in [-0.2, -0.15) is 0 Å². The fraction of sp³-hybridized carbons (Fsp3) is 0. The Morgan fingerprint density at radius 2 is 1.94 bits per heavy atom. The van der Waals surface area contributed by atoms with E-state index >= 15 is 0 Å². The summed E-state index contributed by atoms with van der Waals surface area (Å²) in [6.45, 7) is 0. The van der Waals surface area contributed by atoms with E-state index in [9.17, 15) is 9.18 Å². The van der Waals surface area contributed by atoms with Crippen molar-refractivity contribution in [1.82, 2.24) is 4.98 Å². The number of halogens is 1. The molecule has 0 fully saturated rings. The Kier molecular flexibility index (Phi) is 2.64. The van der Waals surface area contributed by atoms with Gasteiger partial charge in [0.05, 0.1) is 6.20 Å². The molecule has 0 aliphatic rings. The Morgan fingerprint density at radius 1 is 1.25 bits per heavy atom. The molecule has 0 aliphatic heterocycles. The van der Waals surface area contributed by atoms with Gasteiger partial charge in [0.1, 0.15) is 5.82 Å². The number of pyridine rings is 1. The standard InChI is InChI=1S/C12H8FNO2/c13-9-6-10(8-4-2-1-3-5-8)11(12(15)16)14-7-9/h1-7H,(H,15,16). The van der Waals surface area contributed by atoms with Crippen molar-refractivity contribution in [1.29, 1.82) is 0 Å². The largest absolute Gasteiger partial charge is 0.476 e. The zero-order chi connectivity index (χ0) is 11.5. The topological polar surface area (TPSA) is 50.2 Å². The van der Waals surface area contributed by atoms with Gasteiger partial charge in [0.25, 0.3) is 0 Å². The quantitative estimate of drug-likeness (QED) is 0.841. The number of carboxylic acids is 1. The van der Waals surface area contributed by atoms with Crippen LogP contribution in [0, 0.1) is 5.82 Å². The maximum absolute atomic E-state index is 13.0. The first-order valence-electron chi connectivity index (χ1n) is 4.63. The molecule has 0 unspecified atom stereocenters. The van der Waals surface area contributed by atoms with Crippen LogP contribution in [0.5, 0.6) is 0 Å². The van der Waals surface area contributed by atoms with E-state index in [1.54, 1.807) is 30.3 Å². The molecule has 0 radical (unpaired) electrons. The van der Waals surface area contributed by atoms with Gasteiger partial charge in [0.2, 0.25) is 0 Å². The first kappa shape index (κ1) is 10.3. The van der Waals surface area contributed by atoms with Crippen LogP contribution in [0.2, 0.25) is 0 Å². The number of aromatic carboxylic acids is 1. The fourth-order valence-corrected chi connectivity index (χ4v) is 1.45. The van der Waals surface area contributed by atoms with E-state index in [1.807, 2.05) is 0 Å². The molecule has 0 atom stereocenters. The third kappa shape index (κ3) is 1.91. The maximum Gasteiger partial charge on any atom is 0.355 e. The molecule has 1 N–H and O–H groups in total. The van der Waals surface area contributed by atoms with E-state index in [4.69, 9.17) is 5.11 Å². The number of carboxylic acid groups (broad SMARTS) is 1. The first-order chi connectivity index (χ1) is 7.68. The summed E-state index contributed by atoms with van der Waals surface area (Å²) >= 11 is 0. The van der Waals surface area contributed by atoms with Gasteiger partial charge in [-0.25, -0.2) is 14.2 Å². The lowest BCUT2D eigenvalue weighted by molar-refractivity contribution is 0.0691. The second kappa shape index (κ2) is 4.10. The first-order valence-corrected chi connectivity index (χ1v) is 4.63. The number of carbonyl (C=O) groups is 1. The summed E-state index contributed by atoms with van der Waals surface area (Å²) in [6, 6.07) is 9.91. The summed E-state index contributed by atoms with van der Waals surface area (Å²) in [6.07, 6.45) is 0.899. The molecule has 2 aromatic rings. The van der Waals surface area contributed by atoms with Crippen molar-refractivity contribution in [2.45, 2.75) is 0 Å². The minimum absolute atomic E-state index is 0.146. The summed E-state index contributed by atoms with van der Waals surface area (Å²) in [7, 11) is 0. The molecule has 0 saturated heterocycles. The third-order valence-electron chi connectivity index (χ3n) is 2.14. The van der Waals surface area contributed by atoms with Gasteiger partial charge < -0.3 is 5.11 Å². The van der Waals surface area contributed by atoms with Crippen LogP contribution in [0.25, 0.3) is 11.1 Å². The number of rotatable bonds is 2. The highest BCUT2D eigenvalue weighted by molar-refractivity contribution is 5.93. The van der Waals surface area contributed by atoms with E-state index in [1.165, 1.54) is 6.07 Å². The van der Waals surface area contributed by atoms with Crippen molar-refractivity contribution in [2.24, 2.45) is 0 Å². The summed E-state index contributed by atoms with van der Waals surface area (Å²) in [5, 5.41) is 8.93. The lowest BCUT2D eigenvalue weighted by Crippen LogP contribution is -2.03. The van der Waals surface area contributed by atoms with Gasteiger partial charge in [-0.1, -0.05) is 30.3 Å². The van der Waals surface area contributed by atoms with Crippen LogP contribution in [-0.2, 0) is 0 Å². The Hall–Kier alpha value is -2.23. The number of benzene rings is 1. The Labute approximate surface area is 91.2 Å². The maximum atomic E-state index is 13.0. The van der Waals surface area contributed by atoms with E-state index in [0.717, 1.165) is 6.20 Å². The van der Waals surface area contributed by atoms with Gasteiger partial charge in [-0.3, -0.25) is 0 Å². The Balaban J connectivity index is 2.63. The van der Waals surface area contributed by atoms with Crippen molar-refractivity contribution in [2.75, 3.05) is 0 Å². The predicted molar refractivity (Wildman–Crippen MR) is 56.6 cm³/mol. The van der Waals surface area contributed by atoms with Crippen LogP contribution in [0.3, 0.4) is 0 Å². The average molecular weight is 217 g/mol. The monoisotopic (exact) mass is 217 g/mol. The van der Waals surface area contributed by atoms with Crippen LogP contribution in [0.15, 0.2) is 42.6 Å². The molecule has 4 heteroatoms. The second-order valence-corrected chi connectivity index (χ2v) is 3.22. The fourth-order valence-electron chi connectivity index (χ4n) is 1.45. The number of aromatic nitrogens is 1. The highest BCUT2D eigenvalue weighted by Gasteiger charge is 2.13. The summed E-state index contributed by atoms with van der Waals surface area (Å²) < 4.78 is 13.0. The Morgan fingerprint density at radius 3 is 2.56 bits per heavy atom. The molecule has 0 aliphatic carbocycles. The summed E-state index contributed by atoms with van der Waals surface area (Å²) in [5.41, 5.74) is 0.771. The van der Waals surface area contributed by atoms with Gasteiger partial charge in [0, 0.05) is 5.56 Å². The smallest absolute Gasteiger partial charge is 0.355 e. The predicted octanol–water partition coefficient (Wildman–Crippen LogP) is 2.59. The van der Waals surface area contributed by atoms with Crippen molar-refractivity contribution in [3.63, 3.8) is 0 Å². The minimum atomic E-state index is -1.17. The molecule has 0 spiro atoms. The third-order valence-corrected chi connectivity index (χ3v) is 2.14. The molecule has 1 heterocycles. The zero-order valence-corrected chi connectivity index (χ0v) is 8.22. The van der Waals surface area contributed by atoms with Gasteiger partial charge in [-0.15, -0.1) is 0 Å². The lowest BCUT2D eigenvalue weighted by atomic mass is 10.0. The van der Waals surface area contributed by atoms with Crippen molar-refractivity contribution < 1.29 is 14.3 Å². The van der Waals surface area contributed by atoms with Gasteiger partial charge in [-0.05, 0) is 11.6 Å². The molecule has 0 amide bonds. The summed E-state index contributed by atoms with van der Waals surface area (Å²) in [4.78, 5) is 14.5. The number of nitrogens with zero attached hydrogens (tertiary/aromatic N) is 1. The van der Waals surface area contributed by atoms with Crippen LogP contribution in [0.1, 0.15) is 10.5 Å². The van der Waals surface area contributed by atoms with Crippen LogP contribution in [0.4, 0.5) is 4.39 Å². The van der Waals surface area contributed by atoms with E-state index in [0.29, 0.717) is 5.56 Å². The average Bonchev–Trinajstić information content (AvgIpc) is 2.29. The van der Waals surface area contributed by atoms with Crippen molar-refractivity contribution >= 4 is 5.97 Å². The number of hydrogen-bond acceptors (Lipinski definition) is 2. The molecular formula is C12H8FNO2. The van der Waals surface area contributed by atoms with Crippen LogP contribution < -0.4 is 0 Å². The molecule has 3 nitrogen and oxygen atoms in total. The van der Waals surface area contributed by atoms with E-state index < -0.39 is 11.8 Å². The molecule has 0 bridgehead atoms. The summed E-state index contributed by atoms with van der Waals surface area (Å²) in [5.74, 6) is -1.72. The molecule has 2 rings (SSSR count). The van der Waals surface area contributed by atoms with Gasteiger partial charge in [0.15, 0.2) is 5.69 Å². The highest BCUT2D eigenvalue weighted by Crippen LogP contribution is 2.22.